The van der Waals surface area contributed by atoms with Crippen LogP contribution in [0, 0.1) is 17.7 Å². The highest BCUT2D eigenvalue weighted by Crippen LogP contribution is 2.17. The maximum atomic E-state index is 13.2. The first-order valence-electron chi connectivity index (χ1n) is 6.89. The molecule has 0 fully saturated rings. The fourth-order valence-corrected chi connectivity index (χ4v) is 2.84. The molecule has 0 saturated heterocycles. The molecule has 2 nitrogen and oxygen atoms in total. The Hall–Kier alpha value is -1.02. The van der Waals surface area contributed by atoms with E-state index in [0.29, 0.717) is 5.56 Å². The summed E-state index contributed by atoms with van der Waals surface area (Å²) in [5.41, 5.74) is 1.70. The number of rotatable bonds is 7. The Morgan fingerprint density at radius 1 is 1.30 bits per heavy atom. The molecule has 0 heterocycles. The van der Waals surface area contributed by atoms with Gasteiger partial charge in [-0.05, 0) is 30.8 Å². The molecule has 0 aliphatic heterocycles. The molecule has 4 heteroatoms. The van der Waals surface area contributed by atoms with Gasteiger partial charge in [0.2, 0.25) is 0 Å². The first-order valence-corrected chi connectivity index (χ1v) is 8.05. The van der Waals surface area contributed by atoms with Crippen molar-refractivity contribution in [3.63, 3.8) is 0 Å². The van der Waals surface area contributed by atoms with Gasteiger partial charge in [0.15, 0.2) is 0 Å². The van der Waals surface area contributed by atoms with Crippen LogP contribution in [0.15, 0.2) is 18.2 Å². The van der Waals surface area contributed by atoms with Crippen molar-refractivity contribution >= 4 is 11.8 Å². The van der Waals surface area contributed by atoms with E-state index < -0.39 is 0 Å². The molecule has 1 rings (SSSR count). The van der Waals surface area contributed by atoms with Crippen LogP contribution in [0.5, 0.6) is 0 Å². The van der Waals surface area contributed by atoms with E-state index >= 15 is 0 Å². The Morgan fingerprint density at radius 2 is 2.05 bits per heavy atom. The quantitative estimate of drug-likeness (QED) is 0.618. The number of hydrogen-bond acceptors (Lipinski definition) is 3. The number of nitrogens with zero attached hydrogens (tertiary/aromatic N) is 1. The molecule has 110 valence electrons. The number of halogens is 1. The van der Waals surface area contributed by atoms with Gasteiger partial charge in [-0.25, -0.2) is 4.39 Å². The molecule has 0 radical (unpaired) electrons. The number of aliphatic hydroxyl groups is 1. The minimum atomic E-state index is -0.288. The monoisotopic (exact) mass is 295 g/mol. The Morgan fingerprint density at radius 3 is 2.70 bits per heavy atom. The van der Waals surface area contributed by atoms with Crippen molar-refractivity contribution in [2.75, 3.05) is 32.0 Å². The number of thioether (sulfide) groups is 1. The standard InChI is InChI=1S/C16H22FNOS/c1-3-18(4-2)9-11-20-13-15-7-8-16(17)12-14(15)6-5-10-19/h7-8,12,19H,3-4,9-11,13H2,1-2H3. The van der Waals surface area contributed by atoms with Gasteiger partial charge < -0.3 is 10.0 Å². The number of hydrogen-bond donors (Lipinski definition) is 1. The van der Waals surface area contributed by atoms with Gasteiger partial charge in [-0.2, -0.15) is 11.8 Å². The number of aliphatic hydroxyl groups excluding tert-OH is 1. The average Bonchev–Trinajstić information content (AvgIpc) is 2.47. The zero-order chi connectivity index (χ0) is 14.8. The second-order valence-corrected chi connectivity index (χ2v) is 5.45. The van der Waals surface area contributed by atoms with Gasteiger partial charge in [0.25, 0.3) is 0 Å². The molecule has 0 spiro atoms. The van der Waals surface area contributed by atoms with Crippen molar-refractivity contribution < 1.29 is 9.50 Å². The van der Waals surface area contributed by atoms with Crippen LogP contribution < -0.4 is 0 Å². The Labute approximate surface area is 125 Å². The van der Waals surface area contributed by atoms with E-state index in [1.54, 1.807) is 6.07 Å². The summed E-state index contributed by atoms with van der Waals surface area (Å²) < 4.78 is 13.2. The van der Waals surface area contributed by atoms with Crippen LogP contribution in [-0.2, 0) is 5.75 Å². The second kappa shape index (κ2) is 9.82. The molecule has 0 aromatic heterocycles. The average molecular weight is 295 g/mol. The summed E-state index contributed by atoms with van der Waals surface area (Å²) in [6, 6.07) is 4.68. The van der Waals surface area contributed by atoms with Crippen molar-refractivity contribution in [3.05, 3.63) is 35.1 Å². The lowest BCUT2D eigenvalue weighted by atomic mass is 10.1. The molecule has 1 aromatic carbocycles. The zero-order valence-electron chi connectivity index (χ0n) is 12.2. The Kier molecular flexibility index (Phi) is 8.36. The summed E-state index contributed by atoms with van der Waals surface area (Å²) in [6.07, 6.45) is 0. The van der Waals surface area contributed by atoms with Crippen LogP contribution in [0.3, 0.4) is 0 Å². The van der Waals surface area contributed by atoms with Crippen molar-refractivity contribution in [1.82, 2.24) is 4.90 Å². The van der Waals surface area contributed by atoms with E-state index in [1.165, 1.54) is 12.1 Å². The fourth-order valence-electron chi connectivity index (χ4n) is 1.84. The highest BCUT2D eigenvalue weighted by Gasteiger charge is 2.04. The molecule has 0 unspecified atom stereocenters. The van der Waals surface area contributed by atoms with Crippen molar-refractivity contribution in [2.45, 2.75) is 19.6 Å². The van der Waals surface area contributed by atoms with Gasteiger partial charge >= 0.3 is 0 Å². The Balaban J connectivity index is 2.55. The zero-order valence-corrected chi connectivity index (χ0v) is 13.0. The smallest absolute Gasteiger partial charge is 0.124 e. The summed E-state index contributed by atoms with van der Waals surface area (Å²) in [5, 5.41) is 8.74. The van der Waals surface area contributed by atoms with Crippen LogP contribution in [0.2, 0.25) is 0 Å². The third kappa shape index (κ3) is 5.96. The van der Waals surface area contributed by atoms with Gasteiger partial charge in [-0.15, -0.1) is 0 Å². The van der Waals surface area contributed by atoms with Crippen LogP contribution in [0.1, 0.15) is 25.0 Å². The van der Waals surface area contributed by atoms with Crippen LogP contribution in [-0.4, -0.2) is 42.0 Å². The first-order chi connectivity index (χ1) is 9.71. The van der Waals surface area contributed by atoms with E-state index in [1.807, 2.05) is 11.8 Å². The lowest BCUT2D eigenvalue weighted by Crippen LogP contribution is -2.25. The maximum absolute atomic E-state index is 13.2. The predicted molar refractivity (Wildman–Crippen MR) is 84.3 cm³/mol. The normalized spacial score (nSPS) is 10.4. The predicted octanol–water partition coefficient (Wildman–Crippen LogP) is 2.74. The van der Waals surface area contributed by atoms with Gasteiger partial charge in [-0.1, -0.05) is 31.8 Å². The molecule has 0 atom stereocenters. The lowest BCUT2D eigenvalue weighted by Gasteiger charge is -2.17. The second-order valence-electron chi connectivity index (χ2n) is 4.34. The largest absolute Gasteiger partial charge is 0.384 e. The fraction of sp³-hybridized carbons (Fsp3) is 0.500. The van der Waals surface area contributed by atoms with Crippen molar-refractivity contribution in [1.29, 1.82) is 0 Å². The summed E-state index contributed by atoms with van der Waals surface area (Å²) in [4.78, 5) is 2.38. The van der Waals surface area contributed by atoms with Crippen molar-refractivity contribution in [2.24, 2.45) is 0 Å². The minimum absolute atomic E-state index is 0.203. The molecule has 0 amide bonds. The molecule has 0 saturated carbocycles. The van der Waals surface area contributed by atoms with Crippen LogP contribution in [0.4, 0.5) is 4.39 Å². The summed E-state index contributed by atoms with van der Waals surface area (Å²) in [6.45, 7) is 7.33. The van der Waals surface area contributed by atoms with Crippen LogP contribution >= 0.6 is 11.8 Å². The molecule has 20 heavy (non-hydrogen) atoms. The highest BCUT2D eigenvalue weighted by molar-refractivity contribution is 7.98. The summed E-state index contributed by atoms with van der Waals surface area (Å²) in [5.74, 6) is 6.97. The molecule has 0 aliphatic rings. The number of benzene rings is 1. The molecular weight excluding hydrogens is 273 g/mol. The third-order valence-electron chi connectivity index (χ3n) is 3.08. The van der Waals surface area contributed by atoms with E-state index in [9.17, 15) is 4.39 Å². The molecule has 1 N–H and O–H groups in total. The van der Waals surface area contributed by atoms with E-state index in [4.69, 9.17) is 5.11 Å². The van der Waals surface area contributed by atoms with E-state index in [0.717, 1.165) is 36.7 Å². The van der Waals surface area contributed by atoms with Gasteiger partial charge in [0.1, 0.15) is 12.4 Å². The summed E-state index contributed by atoms with van der Waals surface area (Å²) >= 11 is 1.82. The Bertz CT molecular complexity index is 463. The molecular formula is C16H22FNOS. The van der Waals surface area contributed by atoms with E-state index in [-0.39, 0.29) is 12.4 Å². The first kappa shape index (κ1) is 17.0. The SMILES string of the molecule is CCN(CC)CCSCc1ccc(F)cc1C#CCO. The lowest BCUT2D eigenvalue weighted by molar-refractivity contribution is 0.324. The maximum Gasteiger partial charge on any atom is 0.124 e. The van der Waals surface area contributed by atoms with Gasteiger partial charge in [0, 0.05) is 23.6 Å². The van der Waals surface area contributed by atoms with Gasteiger partial charge in [0.05, 0.1) is 0 Å². The highest BCUT2D eigenvalue weighted by atomic mass is 32.2. The topological polar surface area (TPSA) is 23.5 Å². The third-order valence-corrected chi connectivity index (χ3v) is 4.06. The summed E-state index contributed by atoms with van der Waals surface area (Å²) in [7, 11) is 0. The minimum Gasteiger partial charge on any atom is -0.384 e. The van der Waals surface area contributed by atoms with Gasteiger partial charge in [-0.3, -0.25) is 0 Å². The molecule has 0 aliphatic carbocycles. The van der Waals surface area contributed by atoms with E-state index in [2.05, 4.69) is 30.6 Å². The van der Waals surface area contributed by atoms with Crippen molar-refractivity contribution in [3.8, 4) is 11.8 Å². The van der Waals surface area contributed by atoms with Crippen LogP contribution in [0.25, 0.3) is 0 Å². The molecule has 0 bridgehead atoms. The molecule has 1 aromatic rings.